The summed E-state index contributed by atoms with van der Waals surface area (Å²) in [6.45, 7) is -0.0358. The van der Waals surface area contributed by atoms with Crippen molar-refractivity contribution in [2.45, 2.75) is 36.4 Å². The highest BCUT2D eigenvalue weighted by Gasteiger charge is 2.32. The Morgan fingerprint density at radius 1 is 0.729 bits per heavy atom. The molecule has 3 atom stereocenters. The number of amides is 2. The molecule has 0 radical (unpaired) electrons. The van der Waals surface area contributed by atoms with E-state index < -0.39 is 12.3 Å². The second-order valence-electron chi connectivity index (χ2n) is 11.1. The second kappa shape index (κ2) is 15.6. The Labute approximate surface area is 282 Å². The number of rotatable bonds is 11. The third-order valence-corrected chi connectivity index (χ3v) is 8.83. The predicted molar refractivity (Wildman–Crippen MR) is 185 cm³/mol. The number of aliphatic hydroxyl groups excluding tert-OH is 1. The van der Waals surface area contributed by atoms with E-state index in [1.165, 1.54) is 0 Å². The fourth-order valence-corrected chi connectivity index (χ4v) is 6.08. The van der Waals surface area contributed by atoms with Gasteiger partial charge in [0.2, 0.25) is 0 Å². The van der Waals surface area contributed by atoms with E-state index in [4.69, 9.17) is 14.2 Å². The Hall–Kier alpha value is -5.13. The van der Waals surface area contributed by atoms with Gasteiger partial charge in [0.25, 0.3) is 0 Å². The molecule has 5 aromatic rings. The van der Waals surface area contributed by atoms with Crippen molar-refractivity contribution in [1.82, 2.24) is 0 Å². The lowest BCUT2D eigenvalue weighted by atomic mass is 10.0. The fraction of sp³-hybridized carbons (Fsp3) is 0.158. The first-order valence-electron chi connectivity index (χ1n) is 15.4. The van der Waals surface area contributed by atoms with E-state index >= 15 is 0 Å². The minimum absolute atomic E-state index is 0.0358. The van der Waals surface area contributed by atoms with Crippen LogP contribution in [0.3, 0.4) is 0 Å². The van der Waals surface area contributed by atoms with Crippen LogP contribution in [0.1, 0.15) is 45.9 Å². The number of carboxylic acid groups (broad SMARTS) is 1. The molecule has 1 aliphatic rings. The first-order valence-corrected chi connectivity index (χ1v) is 16.4. The molecule has 0 aromatic heterocycles. The zero-order valence-electron chi connectivity index (χ0n) is 25.8. The number of nitrogens with one attached hydrogen (secondary N) is 2. The lowest BCUT2D eigenvalue weighted by Gasteiger charge is -2.36. The van der Waals surface area contributed by atoms with Gasteiger partial charge in [0.15, 0.2) is 6.29 Å². The molecule has 2 amide bonds. The number of anilines is 2. The molecule has 9 nitrogen and oxygen atoms in total. The maximum Gasteiger partial charge on any atom is 0.335 e. The molecule has 244 valence electrons. The van der Waals surface area contributed by atoms with E-state index in [0.29, 0.717) is 29.3 Å². The van der Waals surface area contributed by atoms with Crippen molar-refractivity contribution in [1.29, 1.82) is 0 Å². The maximum absolute atomic E-state index is 12.7. The number of urea groups is 1. The number of carboxylic acids is 1. The summed E-state index contributed by atoms with van der Waals surface area (Å²) in [6.07, 6.45) is -0.442. The molecule has 1 saturated heterocycles. The number of para-hydroxylation sites is 1. The summed E-state index contributed by atoms with van der Waals surface area (Å²) in [7, 11) is 0. The van der Waals surface area contributed by atoms with Crippen molar-refractivity contribution >= 4 is 35.1 Å². The molecule has 10 heteroatoms. The maximum atomic E-state index is 12.7. The van der Waals surface area contributed by atoms with Crippen LogP contribution in [0, 0.1) is 0 Å². The monoisotopic (exact) mass is 662 g/mol. The molecule has 0 saturated carbocycles. The van der Waals surface area contributed by atoms with Gasteiger partial charge in [0, 0.05) is 34.0 Å². The van der Waals surface area contributed by atoms with Crippen LogP contribution in [0.15, 0.2) is 132 Å². The van der Waals surface area contributed by atoms with Gasteiger partial charge >= 0.3 is 12.0 Å². The average Bonchev–Trinajstić information content (AvgIpc) is 3.12. The highest BCUT2D eigenvalue weighted by molar-refractivity contribution is 7.99. The van der Waals surface area contributed by atoms with E-state index in [2.05, 4.69) is 10.6 Å². The Bertz CT molecular complexity index is 1800. The topological polar surface area (TPSA) is 126 Å². The van der Waals surface area contributed by atoms with Crippen LogP contribution in [-0.2, 0) is 16.1 Å². The lowest BCUT2D eigenvalue weighted by Crippen LogP contribution is -2.31. The number of carbonyl (C=O) groups is 2. The highest BCUT2D eigenvalue weighted by Crippen LogP contribution is 2.39. The quantitative estimate of drug-likeness (QED) is 0.104. The normalized spacial score (nSPS) is 17.3. The van der Waals surface area contributed by atoms with E-state index in [0.717, 1.165) is 27.3 Å². The van der Waals surface area contributed by atoms with Crippen molar-refractivity contribution in [2.24, 2.45) is 0 Å². The van der Waals surface area contributed by atoms with Crippen molar-refractivity contribution in [3.8, 4) is 11.5 Å². The fourth-order valence-electron chi connectivity index (χ4n) is 5.15. The number of benzene rings is 5. The first-order chi connectivity index (χ1) is 23.4. The molecular weight excluding hydrogens is 628 g/mol. The van der Waals surface area contributed by atoms with Crippen molar-refractivity contribution in [3.63, 3.8) is 0 Å². The van der Waals surface area contributed by atoms with E-state index in [-0.39, 0.29) is 30.4 Å². The third-order valence-electron chi connectivity index (χ3n) is 7.68. The van der Waals surface area contributed by atoms with Crippen LogP contribution < -0.4 is 15.4 Å². The summed E-state index contributed by atoms with van der Waals surface area (Å²) < 4.78 is 18.7. The minimum atomic E-state index is -0.959. The molecule has 1 aliphatic heterocycles. The Morgan fingerprint density at radius 3 is 1.96 bits per heavy atom. The molecular formula is C38H34N2O7S. The average molecular weight is 663 g/mol. The summed E-state index contributed by atoms with van der Waals surface area (Å²) >= 11 is 1.59. The van der Waals surface area contributed by atoms with Gasteiger partial charge in [0.1, 0.15) is 11.5 Å². The van der Waals surface area contributed by atoms with Gasteiger partial charge in [-0.25, -0.2) is 9.59 Å². The van der Waals surface area contributed by atoms with Crippen LogP contribution in [0.2, 0.25) is 0 Å². The molecule has 0 spiro atoms. The van der Waals surface area contributed by atoms with Gasteiger partial charge in [-0.1, -0.05) is 54.6 Å². The van der Waals surface area contributed by atoms with E-state index in [1.54, 1.807) is 72.4 Å². The van der Waals surface area contributed by atoms with E-state index in [1.807, 2.05) is 66.7 Å². The van der Waals surface area contributed by atoms with Gasteiger partial charge < -0.3 is 35.1 Å². The summed E-state index contributed by atoms with van der Waals surface area (Å²) in [6, 6.07) is 38.0. The molecule has 48 heavy (non-hydrogen) atoms. The van der Waals surface area contributed by atoms with Crippen LogP contribution in [0.25, 0.3) is 0 Å². The number of thioether (sulfide) groups is 1. The van der Waals surface area contributed by atoms with Crippen LogP contribution in [-0.4, -0.2) is 34.1 Å². The number of ether oxygens (including phenoxy) is 3. The summed E-state index contributed by atoms with van der Waals surface area (Å²) in [5.41, 5.74) is 4.06. The van der Waals surface area contributed by atoms with Gasteiger partial charge in [-0.3, -0.25) is 0 Å². The van der Waals surface area contributed by atoms with Gasteiger partial charge in [-0.15, -0.1) is 11.8 Å². The summed E-state index contributed by atoms with van der Waals surface area (Å²) in [5.74, 6) is 1.07. The lowest BCUT2D eigenvalue weighted by molar-refractivity contribution is -0.245. The smallest absolute Gasteiger partial charge is 0.335 e. The molecule has 5 aromatic carbocycles. The number of aliphatic hydroxyl groups is 1. The standard InChI is InChI=1S/C38H34N2O7S/c41-23-25-6-8-26(9-7-25)35-22-33(24-48-34-20-12-27(13-21-34)36(42)43)46-37(47-35)28-10-14-29(15-11-28)39-38(44)40-30-16-18-32(19-17-30)45-31-4-2-1-3-5-31/h1-21,33,35,37,41H,22-24H2,(H,42,43)(H2,39,40,44)/t33-,35+,37+/m1/s1. The number of carbonyl (C=O) groups excluding carboxylic acids is 1. The largest absolute Gasteiger partial charge is 0.478 e. The van der Waals surface area contributed by atoms with E-state index in [9.17, 15) is 19.8 Å². The predicted octanol–water partition coefficient (Wildman–Crippen LogP) is 8.65. The van der Waals surface area contributed by atoms with Crippen LogP contribution in [0.4, 0.5) is 16.2 Å². The van der Waals surface area contributed by atoms with Crippen molar-refractivity contribution < 1.29 is 34.0 Å². The molecule has 0 unspecified atom stereocenters. The zero-order chi connectivity index (χ0) is 33.3. The Morgan fingerprint density at radius 2 is 1.33 bits per heavy atom. The van der Waals surface area contributed by atoms with Crippen LogP contribution >= 0.6 is 11.8 Å². The zero-order valence-corrected chi connectivity index (χ0v) is 26.6. The SMILES string of the molecule is O=C(Nc1ccc(Oc2ccccc2)cc1)Nc1ccc([C@H]2O[C@@H](CSc3ccc(C(=O)O)cc3)C[C@@H](c3ccc(CO)cc3)O2)cc1. The molecule has 1 fully saturated rings. The Balaban J connectivity index is 1.08. The van der Waals surface area contributed by atoms with Gasteiger partial charge in [0.05, 0.1) is 24.4 Å². The second-order valence-corrected chi connectivity index (χ2v) is 12.2. The first kappa shape index (κ1) is 32.8. The molecule has 6 rings (SSSR count). The van der Waals surface area contributed by atoms with Gasteiger partial charge in [-0.05, 0) is 83.9 Å². The minimum Gasteiger partial charge on any atom is -0.478 e. The number of aromatic carboxylic acids is 1. The molecule has 0 bridgehead atoms. The summed E-state index contributed by atoms with van der Waals surface area (Å²) in [5, 5.41) is 24.4. The molecule has 0 aliphatic carbocycles. The summed E-state index contributed by atoms with van der Waals surface area (Å²) in [4.78, 5) is 24.9. The van der Waals surface area contributed by atoms with Gasteiger partial charge in [-0.2, -0.15) is 0 Å². The molecule has 4 N–H and O–H groups in total. The highest BCUT2D eigenvalue weighted by atomic mass is 32.2. The number of hydrogen-bond donors (Lipinski definition) is 4. The Kier molecular flexibility index (Phi) is 10.7. The van der Waals surface area contributed by atoms with Crippen LogP contribution in [0.5, 0.6) is 11.5 Å². The van der Waals surface area contributed by atoms with Crippen molar-refractivity contribution in [3.05, 3.63) is 150 Å². The van der Waals surface area contributed by atoms with Crippen molar-refractivity contribution in [2.75, 3.05) is 16.4 Å². The number of hydrogen-bond acceptors (Lipinski definition) is 7. The third kappa shape index (κ3) is 8.81. The molecule has 1 heterocycles.